The van der Waals surface area contributed by atoms with E-state index in [1.807, 2.05) is 6.92 Å². The fourth-order valence-corrected chi connectivity index (χ4v) is 3.37. The lowest BCUT2D eigenvalue weighted by Crippen LogP contribution is -2.39. The highest BCUT2D eigenvalue weighted by Crippen LogP contribution is 2.27. The number of amides is 1. The first-order chi connectivity index (χ1) is 10.3. The highest BCUT2D eigenvalue weighted by molar-refractivity contribution is 7.90. The molecular weight excluding hydrogens is 306 g/mol. The molecule has 8 heteroatoms. The fourth-order valence-electron chi connectivity index (χ4n) is 1.89. The van der Waals surface area contributed by atoms with Gasteiger partial charge >= 0.3 is 0 Å². The Balaban J connectivity index is 1.76. The normalized spacial score (nSPS) is 16.5. The molecule has 0 aromatic carbocycles. The molecule has 0 spiro atoms. The molecule has 0 unspecified atom stereocenters. The van der Waals surface area contributed by atoms with Crippen molar-refractivity contribution in [2.24, 2.45) is 0 Å². The summed E-state index contributed by atoms with van der Waals surface area (Å²) in [6.45, 7) is 2.67. The second kappa shape index (κ2) is 6.80. The Labute approximate surface area is 131 Å². The van der Waals surface area contributed by atoms with Crippen LogP contribution in [0.2, 0.25) is 0 Å². The summed E-state index contributed by atoms with van der Waals surface area (Å²) >= 11 is 0. The smallest absolute Gasteiger partial charge is 0.289 e. The third-order valence-electron chi connectivity index (χ3n) is 3.46. The van der Waals surface area contributed by atoms with E-state index in [0.29, 0.717) is 24.6 Å². The molecule has 1 aromatic rings. The van der Waals surface area contributed by atoms with Crippen molar-refractivity contribution in [2.45, 2.75) is 37.6 Å². The van der Waals surface area contributed by atoms with Gasteiger partial charge < -0.3 is 14.6 Å². The number of sulfonamides is 1. The number of carbonyl (C=O) groups excluding carboxylic acids is 1. The van der Waals surface area contributed by atoms with E-state index in [1.165, 1.54) is 4.90 Å². The van der Waals surface area contributed by atoms with Gasteiger partial charge in [-0.3, -0.25) is 4.79 Å². The third kappa shape index (κ3) is 4.56. The molecule has 0 aliphatic heterocycles. The molecule has 0 saturated heterocycles. The minimum Gasteiger partial charge on any atom is -0.455 e. The quantitative estimate of drug-likeness (QED) is 0.726. The van der Waals surface area contributed by atoms with Crippen molar-refractivity contribution >= 4 is 15.9 Å². The van der Waals surface area contributed by atoms with E-state index in [9.17, 15) is 13.2 Å². The molecule has 1 aliphatic rings. The lowest BCUT2D eigenvalue weighted by atomic mass is 10.3. The molecule has 7 nitrogen and oxygen atoms in total. The first kappa shape index (κ1) is 17.0. The van der Waals surface area contributed by atoms with E-state index in [4.69, 9.17) is 4.42 Å². The van der Waals surface area contributed by atoms with Gasteiger partial charge in [-0.05, 0) is 31.9 Å². The minimum absolute atomic E-state index is 0.0355. The zero-order chi connectivity index (χ0) is 16.3. The highest BCUT2D eigenvalue weighted by Gasteiger charge is 2.35. The zero-order valence-electron chi connectivity index (χ0n) is 13.1. The molecule has 1 atom stereocenters. The van der Waals surface area contributed by atoms with Gasteiger partial charge in [0.05, 0.1) is 11.8 Å². The molecular formula is C14H23N3O4S. The molecule has 0 bridgehead atoms. The van der Waals surface area contributed by atoms with Crippen LogP contribution in [-0.4, -0.2) is 51.2 Å². The number of furan rings is 1. The first-order valence-electron chi connectivity index (χ1n) is 7.32. The van der Waals surface area contributed by atoms with Gasteiger partial charge in [0.15, 0.2) is 5.76 Å². The molecule has 2 rings (SSSR count). The van der Waals surface area contributed by atoms with Crippen molar-refractivity contribution in [3.8, 4) is 0 Å². The molecule has 22 heavy (non-hydrogen) atoms. The Hall–Kier alpha value is -1.38. The highest BCUT2D eigenvalue weighted by atomic mass is 32.2. The predicted molar refractivity (Wildman–Crippen MR) is 83.0 cm³/mol. The van der Waals surface area contributed by atoms with Crippen LogP contribution in [0.1, 0.15) is 36.1 Å². The summed E-state index contributed by atoms with van der Waals surface area (Å²) in [7, 11) is 0.182. The van der Waals surface area contributed by atoms with Crippen LogP contribution < -0.4 is 10.0 Å². The van der Waals surface area contributed by atoms with Crippen LogP contribution in [0.5, 0.6) is 0 Å². The standard InChI is InChI=1S/C14H23N3O4S/c1-10(8-16-22(19,20)12-5-6-12)15-9-11-4-7-13(21-11)14(18)17(2)3/h4,7,10,12,15-16H,5-6,8-9H2,1-3H3/t10-/m1/s1. The number of carbonyl (C=O) groups is 1. The third-order valence-corrected chi connectivity index (χ3v) is 5.38. The average molecular weight is 329 g/mol. The van der Waals surface area contributed by atoms with Crippen LogP contribution in [0.15, 0.2) is 16.5 Å². The summed E-state index contributed by atoms with van der Waals surface area (Å²) in [6, 6.07) is 3.34. The molecule has 1 aliphatic carbocycles. The van der Waals surface area contributed by atoms with E-state index in [-0.39, 0.29) is 17.2 Å². The van der Waals surface area contributed by atoms with Gasteiger partial charge in [-0.15, -0.1) is 0 Å². The molecule has 124 valence electrons. The van der Waals surface area contributed by atoms with Gasteiger partial charge in [-0.2, -0.15) is 0 Å². The van der Waals surface area contributed by atoms with E-state index in [0.717, 1.165) is 12.8 Å². The molecule has 0 radical (unpaired) electrons. The van der Waals surface area contributed by atoms with E-state index in [1.54, 1.807) is 26.2 Å². The van der Waals surface area contributed by atoms with E-state index >= 15 is 0 Å². The van der Waals surface area contributed by atoms with Crippen molar-refractivity contribution in [3.05, 3.63) is 23.7 Å². The summed E-state index contributed by atoms with van der Waals surface area (Å²) in [6.07, 6.45) is 1.51. The van der Waals surface area contributed by atoms with Crippen molar-refractivity contribution in [1.82, 2.24) is 14.9 Å². The Morgan fingerprint density at radius 2 is 2.09 bits per heavy atom. The van der Waals surface area contributed by atoms with Crippen molar-refractivity contribution < 1.29 is 17.6 Å². The molecule has 1 heterocycles. The molecule has 2 N–H and O–H groups in total. The van der Waals surface area contributed by atoms with Crippen LogP contribution in [0, 0.1) is 0 Å². The molecule has 1 fully saturated rings. The van der Waals surface area contributed by atoms with Gasteiger partial charge in [-0.25, -0.2) is 13.1 Å². The van der Waals surface area contributed by atoms with Crippen molar-refractivity contribution in [3.63, 3.8) is 0 Å². The van der Waals surface area contributed by atoms with Crippen LogP contribution in [0.25, 0.3) is 0 Å². The van der Waals surface area contributed by atoms with Crippen LogP contribution in [-0.2, 0) is 16.6 Å². The van der Waals surface area contributed by atoms with E-state index in [2.05, 4.69) is 10.0 Å². The van der Waals surface area contributed by atoms with Gasteiger partial charge in [0.1, 0.15) is 5.76 Å². The second-order valence-corrected chi connectivity index (χ2v) is 7.89. The molecule has 1 saturated carbocycles. The van der Waals surface area contributed by atoms with Crippen LogP contribution in [0.3, 0.4) is 0 Å². The monoisotopic (exact) mass is 329 g/mol. The average Bonchev–Trinajstić information content (AvgIpc) is 3.22. The minimum atomic E-state index is -3.15. The van der Waals surface area contributed by atoms with Crippen LogP contribution in [0.4, 0.5) is 0 Å². The first-order valence-corrected chi connectivity index (χ1v) is 8.86. The lowest BCUT2D eigenvalue weighted by Gasteiger charge is -2.14. The Bertz CT molecular complexity index is 620. The maximum atomic E-state index is 11.7. The van der Waals surface area contributed by atoms with Gasteiger partial charge in [0.2, 0.25) is 10.0 Å². The largest absolute Gasteiger partial charge is 0.455 e. The number of nitrogens with zero attached hydrogens (tertiary/aromatic N) is 1. The van der Waals surface area contributed by atoms with Crippen molar-refractivity contribution in [2.75, 3.05) is 20.6 Å². The summed E-state index contributed by atoms with van der Waals surface area (Å²) < 4.78 is 31.5. The molecule has 1 aromatic heterocycles. The number of hydrogen-bond donors (Lipinski definition) is 2. The zero-order valence-corrected chi connectivity index (χ0v) is 13.9. The summed E-state index contributed by atoms with van der Waals surface area (Å²) in [5, 5.41) is 2.96. The second-order valence-electron chi connectivity index (χ2n) is 5.84. The Morgan fingerprint density at radius 1 is 1.41 bits per heavy atom. The maximum absolute atomic E-state index is 11.7. The number of nitrogens with one attached hydrogen (secondary N) is 2. The summed E-state index contributed by atoms with van der Waals surface area (Å²) in [5.74, 6) is 0.752. The summed E-state index contributed by atoms with van der Waals surface area (Å²) in [4.78, 5) is 13.2. The van der Waals surface area contributed by atoms with Gasteiger partial charge in [-0.1, -0.05) is 0 Å². The topological polar surface area (TPSA) is 91.7 Å². The van der Waals surface area contributed by atoms with E-state index < -0.39 is 10.0 Å². The predicted octanol–water partition coefficient (Wildman–Crippen LogP) is 0.541. The lowest BCUT2D eigenvalue weighted by molar-refractivity contribution is 0.0794. The van der Waals surface area contributed by atoms with Crippen molar-refractivity contribution in [1.29, 1.82) is 0 Å². The Kier molecular flexibility index (Phi) is 5.25. The fraction of sp³-hybridized carbons (Fsp3) is 0.643. The Morgan fingerprint density at radius 3 is 2.68 bits per heavy atom. The number of hydrogen-bond acceptors (Lipinski definition) is 5. The number of rotatable bonds is 8. The maximum Gasteiger partial charge on any atom is 0.289 e. The molecule has 1 amide bonds. The van der Waals surface area contributed by atoms with Gasteiger partial charge in [0, 0.05) is 26.7 Å². The summed E-state index contributed by atoms with van der Waals surface area (Å²) in [5.41, 5.74) is 0. The SMILES string of the molecule is C[C@H](CNS(=O)(=O)C1CC1)NCc1ccc(C(=O)N(C)C)o1. The van der Waals surface area contributed by atoms with Gasteiger partial charge in [0.25, 0.3) is 5.91 Å². The van der Waals surface area contributed by atoms with Crippen LogP contribution >= 0.6 is 0 Å².